The molecule has 0 aliphatic heterocycles. The van der Waals surface area contributed by atoms with Crippen molar-refractivity contribution in [3.8, 4) is 0 Å². The van der Waals surface area contributed by atoms with Gasteiger partial charge in [-0.05, 0) is 38.8 Å². The van der Waals surface area contributed by atoms with Crippen molar-refractivity contribution >= 4 is 20.8 Å². The SMILES string of the molecule is Cc1ccc2oc(C)c(S(=O)(=O)C3CCCCC3)c2c1. The summed E-state index contributed by atoms with van der Waals surface area (Å²) in [5.41, 5.74) is 1.72. The molecule has 1 saturated carbocycles. The van der Waals surface area contributed by atoms with Crippen LogP contribution in [0.25, 0.3) is 11.0 Å². The summed E-state index contributed by atoms with van der Waals surface area (Å²) in [5.74, 6) is 0.524. The van der Waals surface area contributed by atoms with E-state index >= 15 is 0 Å². The van der Waals surface area contributed by atoms with Crippen LogP contribution in [0.5, 0.6) is 0 Å². The topological polar surface area (TPSA) is 47.3 Å². The van der Waals surface area contributed by atoms with Crippen molar-refractivity contribution in [1.29, 1.82) is 0 Å². The van der Waals surface area contributed by atoms with E-state index in [2.05, 4.69) is 0 Å². The zero-order chi connectivity index (χ0) is 14.3. The van der Waals surface area contributed by atoms with E-state index in [4.69, 9.17) is 4.42 Å². The summed E-state index contributed by atoms with van der Waals surface area (Å²) in [7, 11) is -3.29. The molecule has 1 heterocycles. The Bertz CT molecular complexity index is 734. The van der Waals surface area contributed by atoms with Crippen LogP contribution in [-0.4, -0.2) is 13.7 Å². The first-order chi connectivity index (χ1) is 9.50. The van der Waals surface area contributed by atoms with Crippen molar-refractivity contribution in [3.05, 3.63) is 29.5 Å². The molecule has 108 valence electrons. The molecule has 0 saturated heterocycles. The maximum atomic E-state index is 12.9. The second-order valence-electron chi connectivity index (χ2n) is 5.79. The molecule has 0 N–H and O–H groups in total. The second kappa shape index (κ2) is 4.92. The molecule has 0 atom stereocenters. The van der Waals surface area contributed by atoms with Gasteiger partial charge in [-0.1, -0.05) is 30.9 Å². The lowest BCUT2D eigenvalue weighted by Crippen LogP contribution is -2.24. The second-order valence-corrected chi connectivity index (χ2v) is 7.96. The molecule has 20 heavy (non-hydrogen) atoms. The van der Waals surface area contributed by atoms with Crippen LogP contribution < -0.4 is 0 Å². The summed E-state index contributed by atoms with van der Waals surface area (Å²) < 4.78 is 31.5. The van der Waals surface area contributed by atoms with Gasteiger partial charge in [0.1, 0.15) is 16.2 Å². The van der Waals surface area contributed by atoms with Gasteiger partial charge in [0.25, 0.3) is 0 Å². The monoisotopic (exact) mass is 292 g/mol. The fraction of sp³-hybridized carbons (Fsp3) is 0.500. The van der Waals surface area contributed by atoms with Crippen LogP contribution in [0.1, 0.15) is 43.4 Å². The number of benzene rings is 1. The Morgan fingerprint density at radius 3 is 2.50 bits per heavy atom. The fourth-order valence-corrected chi connectivity index (χ4v) is 5.40. The van der Waals surface area contributed by atoms with E-state index in [0.29, 0.717) is 16.2 Å². The van der Waals surface area contributed by atoms with E-state index in [-0.39, 0.29) is 5.25 Å². The Labute approximate surface area is 119 Å². The van der Waals surface area contributed by atoms with Crippen molar-refractivity contribution in [3.63, 3.8) is 0 Å². The lowest BCUT2D eigenvalue weighted by Gasteiger charge is -2.21. The number of furan rings is 1. The Morgan fingerprint density at radius 2 is 1.80 bits per heavy atom. The average molecular weight is 292 g/mol. The Morgan fingerprint density at radius 1 is 1.10 bits per heavy atom. The van der Waals surface area contributed by atoms with Crippen molar-refractivity contribution < 1.29 is 12.8 Å². The lowest BCUT2D eigenvalue weighted by atomic mass is 10.0. The average Bonchev–Trinajstić information content (AvgIpc) is 2.75. The van der Waals surface area contributed by atoms with Gasteiger partial charge < -0.3 is 4.42 Å². The van der Waals surface area contributed by atoms with E-state index in [1.54, 1.807) is 6.92 Å². The number of sulfone groups is 1. The van der Waals surface area contributed by atoms with Crippen molar-refractivity contribution in [2.24, 2.45) is 0 Å². The molecule has 0 unspecified atom stereocenters. The number of hydrogen-bond acceptors (Lipinski definition) is 3. The van der Waals surface area contributed by atoms with E-state index in [1.165, 1.54) is 0 Å². The van der Waals surface area contributed by atoms with Crippen molar-refractivity contribution in [2.45, 2.75) is 56.1 Å². The minimum atomic E-state index is -3.29. The highest BCUT2D eigenvalue weighted by atomic mass is 32.2. The van der Waals surface area contributed by atoms with Gasteiger partial charge in [-0.3, -0.25) is 0 Å². The van der Waals surface area contributed by atoms with E-state index in [1.807, 2.05) is 25.1 Å². The highest BCUT2D eigenvalue weighted by molar-refractivity contribution is 7.92. The number of hydrogen-bond donors (Lipinski definition) is 0. The van der Waals surface area contributed by atoms with E-state index < -0.39 is 9.84 Å². The number of fused-ring (bicyclic) bond motifs is 1. The molecule has 1 aliphatic carbocycles. The minimum Gasteiger partial charge on any atom is -0.460 e. The molecular weight excluding hydrogens is 272 g/mol. The van der Waals surface area contributed by atoms with Gasteiger partial charge >= 0.3 is 0 Å². The highest BCUT2D eigenvalue weighted by Gasteiger charge is 2.33. The Hall–Kier alpha value is -1.29. The molecule has 3 nitrogen and oxygen atoms in total. The van der Waals surface area contributed by atoms with Gasteiger partial charge in [0.2, 0.25) is 0 Å². The standard InChI is InChI=1S/C16H20O3S/c1-11-8-9-15-14(10-11)16(12(2)19-15)20(17,18)13-6-4-3-5-7-13/h8-10,13H,3-7H2,1-2H3. The van der Waals surface area contributed by atoms with Crippen LogP contribution in [-0.2, 0) is 9.84 Å². The molecule has 0 bridgehead atoms. The molecule has 3 rings (SSSR count). The Balaban J connectivity index is 2.17. The largest absolute Gasteiger partial charge is 0.460 e. The molecular formula is C16H20O3S. The molecule has 0 amide bonds. The minimum absolute atomic E-state index is 0.240. The molecule has 0 spiro atoms. The molecule has 0 radical (unpaired) electrons. The molecule has 1 fully saturated rings. The number of aryl methyl sites for hydroxylation is 2. The van der Waals surface area contributed by atoms with Gasteiger partial charge in [0.15, 0.2) is 9.84 Å². The van der Waals surface area contributed by atoms with Crippen LogP contribution in [0.15, 0.2) is 27.5 Å². The first-order valence-electron chi connectivity index (χ1n) is 7.24. The first kappa shape index (κ1) is 13.7. The van der Waals surface area contributed by atoms with Crippen molar-refractivity contribution in [2.75, 3.05) is 0 Å². The third-order valence-electron chi connectivity index (χ3n) is 4.24. The first-order valence-corrected chi connectivity index (χ1v) is 8.78. The molecule has 1 aliphatic rings. The molecule has 4 heteroatoms. The predicted molar refractivity (Wildman–Crippen MR) is 79.7 cm³/mol. The van der Waals surface area contributed by atoms with Crippen molar-refractivity contribution in [1.82, 2.24) is 0 Å². The third kappa shape index (κ3) is 2.16. The summed E-state index contributed by atoms with van der Waals surface area (Å²) in [5, 5.41) is 0.504. The highest BCUT2D eigenvalue weighted by Crippen LogP contribution is 2.36. The van der Waals surface area contributed by atoms with Gasteiger partial charge in [0, 0.05) is 5.39 Å². The van der Waals surface area contributed by atoms with E-state index in [0.717, 1.165) is 43.1 Å². The lowest BCUT2D eigenvalue weighted by molar-refractivity contribution is 0.481. The zero-order valence-corrected chi connectivity index (χ0v) is 12.8. The summed E-state index contributed by atoms with van der Waals surface area (Å²) in [6, 6.07) is 5.72. The maximum Gasteiger partial charge on any atom is 0.185 e. The third-order valence-corrected chi connectivity index (χ3v) is 6.66. The van der Waals surface area contributed by atoms with Crippen LogP contribution >= 0.6 is 0 Å². The van der Waals surface area contributed by atoms with Gasteiger partial charge in [-0.15, -0.1) is 0 Å². The molecule has 1 aromatic heterocycles. The van der Waals surface area contributed by atoms with E-state index in [9.17, 15) is 8.42 Å². The molecule has 2 aromatic rings. The van der Waals surface area contributed by atoms with Gasteiger partial charge in [-0.25, -0.2) is 8.42 Å². The number of rotatable bonds is 2. The smallest absolute Gasteiger partial charge is 0.185 e. The van der Waals surface area contributed by atoms with Crippen LogP contribution in [0.2, 0.25) is 0 Å². The normalized spacial score (nSPS) is 17.7. The summed E-state index contributed by atoms with van der Waals surface area (Å²) in [4.78, 5) is 0.420. The van der Waals surface area contributed by atoms with Crippen LogP contribution in [0.3, 0.4) is 0 Å². The predicted octanol–water partition coefficient (Wildman–Crippen LogP) is 4.16. The Kier molecular flexibility index (Phi) is 3.36. The fourth-order valence-electron chi connectivity index (χ4n) is 3.21. The summed E-state index contributed by atoms with van der Waals surface area (Å²) in [6.07, 6.45) is 4.73. The molecule has 1 aromatic carbocycles. The van der Waals surface area contributed by atoms with Crippen LogP contribution in [0, 0.1) is 13.8 Å². The van der Waals surface area contributed by atoms with Crippen LogP contribution in [0.4, 0.5) is 0 Å². The quantitative estimate of drug-likeness (QED) is 0.835. The summed E-state index contributed by atoms with van der Waals surface area (Å²) >= 11 is 0. The zero-order valence-electron chi connectivity index (χ0n) is 12.0. The maximum absolute atomic E-state index is 12.9. The van der Waals surface area contributed by atoms with Gasteiger partial charge in [0.05, 0.1) is 5.25 Å². The van der Waals surface area contributed by atoms with Gasteiger partial charge in [-0.2, -0.15) is 0 Å². The summed E-state index contributed by atoms with van der Waals surface area (Å²) in [6.45, 7) is 3.73.